The van der Waals surface area contributed by atoms with Gasteiger partial charge in [0.25, 0.3) is 0 Å². The highest BCUT2D eigenvalue weighted by molar-refractivity contribution is 5.79. The van der Waals surface area contributed by atoms with Crippen LogP contribution in [0.5, 0.6) is 0 Å². The molecule has 1 saturated heterocycles. The van der Waals surface area contributed by atoms with E-state index in [9.17, 15) is 18.0 Å². The van der Waals surface area contributed by atoms with Gasteiger partial charge in [0.1, 0.15) is 0 Å². The van der Waals surface area contributed by atoms with E-state index in [2.05, 4.69) is 5.92 Å². The largest absolute Gasteiger partial charge is 0.391 e. The van der Waals surface area contributed by atoms with Gasteiger partial charge in [-0.1, -0.05) is 0 Å². The molecule has 1 amide bonds. The molecule has 5 heteroatoms. The Morgan fingerprint density at radius 2 is 1.83 bits per heavy atom. The van der Waals surface area contributed by atoms with Crippen molar-refractivity contribution >= 4 is 5.91 Å². The molecule has 0 aromatic heterocycles. The van der Waals surface area contributed by atoms with Crippen molar-refractivity contribution in [1.29, 1.82) is 0 Å². The van der Waals surface area contributed by atoms with Crippen LogP contribution in [0.1, 0.15) is 32.1 Å². The van der Waals surface area contributed by atoms with Gasteiger partial charge in [0.15, 0.2) is 0 Å². The average molecular weight is 259 g/mol. The first-order valence-corrected chi connectivity index (χ1v) is 6.24. The van der Waals surface area contributed by atoms with Gasteiger partial charge in [0, 0.05) is 24.9 Å². The minimum atomic E-state index is -4.10. The second kappa shape index (κ2) is 4.83. The molecule has 2 fully saturated rings. The van der Waals surface area contributed by atoms with Crippen molar-refractivity contribution in [1.82, 2.24) is 4.90 Å². The van der Waals surface area contributed by atoms with E-state index in [1.807, 2.05) is 0 Å². The van der Waals surface area contributed by atoms with E-state index in [4.69, 9.17) is 6.42 Å². The molecule has 0 bridgehead atoms. The summed E-state index contributed by atoms with van der Waals surface area (Å²) in [5.41, 5.74) is 0. The molecule has 1 heterocycles. The maximum atomic E-state index is 12.5. The number of carbonyl (C=O) groups is 1. The Morgan fingerprint density at radius 3 is 2.28 bits per heavy atom. The first-order valence-electron chi connectivity index (χ1n) is 6.24. The van der Waals surface area contributed by atoms with Gasteiger partial charge in [-0.05, 0) is 25.7 Å². The van der Waals surface area contributed by atoms with Crippen molar-refractivity contribution in [2.75, 3.05) is 6.54 Å². The van der Waals surface area contributed by atoms with Crippen LogP contribution in [-0.4, -0.2) is 29.6 Å². The van der Waals surface area contributed by atoms with Crippen molar-refractivity contribution in [3.63, 3.8) is 0 Å². The molecular weight excluding hydrogens is 243 g/mol. The van der Waals surface area contributed by atoms with Crippen LogP contribution in [0.4, 0.5) is 13.2 Å². The summed E-state index contributed by atoms with van der Waals surface area (Å²) >= 11 is 0. The Balaban J connectivity index is 1.91. The minimum Gasteiger partial charge on any atom is -0.338 e. The standard InChI is InChI=1S/C13H16F3NO/c1-2-9-7-12(18)17(8-9)11-5-3-10(4-6-11)13(14,15)16/h1,9-11H,3-8H2. The molecular formula is C13H16F3NO. The van der Waals surface area contributed by atoms with Crippen LogP contribution in [0.25, 0.3) is 0 Å². The van der Waals surface area contributed by atoms with E-state index >= 15 is 0 Å². The molecule has 1 aliphatic heterocycles. The Kier molecular flexibility index (Phi) is 3.56. The monoisotopic (exact) mass is 259 g/mol. The molecule has 0 aromatic carbocycles. The van der Waals surface area contributed by atoms with Crippen LogP contribution in [0.3, 0.4) is 0 Å². The van der Waals surface area contributed by atoms with Gasteiger partial charge in [-0.15, -0.1) is 12.3 Å². The third-order valence-corrected chi connectivity index (χ3v) is 3.99. The van der Waals surface area contributed by atoms with E-state index in [0.717, 1.165) is 0 Å². The molecule has 1 aliphatic carbocycles. The molecule has 1 saturated carbocycles. The van der Waals surface area contributed by atoms with Crippen molar-refractivity contribution in [3.8, 4) is 12.3 Å². The summed E-state index contributed by atoms with van der Waals surface area (Å²) in [6.45, 7) is 0.511. The summed E-state index contributed by atoms with van der Waals surface area (Å²) in [4.78, 5) is 13.4. The maximum Gasteiger partial charge on any atom is 0.391 e. The van der Waals surface area contributed by atoms with Crippen molar-refractivity contribution in [3.05, 3.63) is 0 Å². The fourth-order valence-electron chi connectivity index (χ4n) is 2.91. The molecule has 100 valence electrons. The minimum absolute atomic E-state index is 0.00610. The van der Waals surface area contributed by atoms with E-state index in [0.29, 0.717) is 25.8 Å². The lowest BCUT2D eigenvalue weighted by Crippen LogP contribution is -2.41. The Bertz CT molecular complexity index is 363. The van der Waals surface area contributed by atoms with Crippen LogP contribution >= 0.6 is 0 Å². The van der Waals surface area contributed by atoms with E-state index in [-0.39, 0.29) is 30.7 Å². The molecule has 2 nitrogen and oxygen atoms in total. The lowest BCUT2D eigenvalue weighted by Gasteiger charge is -2.35. The first kappa shape index (κ1) is 13.3. The molecule has 2 aliphatic rings. The van der Waals surface area contributed by atoms with Gasteiger partial charge in [0.2, 0.25) is 5.91 Å². The lowest BCUT2D eigenvalue weighted by molar-refractivity contribution is -0.184. The third-order valence-electron chi connectivity index (χ3n) is 3.99. The van der Waals surface area contributed by atoms with Gasteiger partial charge < -0.3 is 4.90 Å². The average Bonchev–Trinajstić information content (AvgIpc) is 2.70. The second-order valence-electron chi connectivity index (χ2n) is 5.16. The van der Waals surface area contributed by atoms with Crippen LogP contribution in [0.15, 0.2) is 0 Å². The molecule has 0 aromatic rings. The number of likely N-dealkylation sites (tertiary alicyclic amines) is 1. The molecule has 0 N–H and O–H groups in total. The molecule has 1 unspecified atom stereocenters. The number of alkyl halides is 3. The van der Waals surface area contributed by atoms with Crippen molar-refractivity contribution in [2.45, 2.75) is 44.3 Å². The van der Waals surface area contributed by atoms with Gasteiger partial charge >= 0.3 is 6.18 Å². The summed E-state index contributed by atoms with van der Waals surface area (Å²) in [5.74, 6) is 1.28. The van der Waals surface area contributed by atoms with E-state index in [1.54, 1.807) is 4.90 Å². The van der Waals surface area contributed by atoms with E-state index < -0.39 is 12.1 Å². The highest BCUT2D eigenvalue weighted by Crippen LogP contribution is 2.39. The first-order chi connectivity index (χ1) is 8.41. The topological polar surface area (TPSA) is 20.3 Å². The molecule has 1 atom stereocenters. The number of halogens is 3. The predicted molar refractivity (Wildman–Crippen MR) is 60.5 cm³/mol. The number of amides is 1. The third kappa shape index (κ3) is 2.63. The Labute approximate surface area is 105 Å². The number of carbonyl (C=O) groups excluding carboxylic acids is 1. The number of rotatable bonds is 1. The fraction of sp³-hybridized carbons (Fsp3) is 0.769. The number of hydrogen-bond acceptors (Lipinski definition) is 1. The van der Waals surface area contributed by atoms with Crippen LogP contribution < -0.4 is 0 Å². The maximum absolute atomic E-state index is 12.5. The number of nitrogens with zero attached hydrogens (tertiary/aromatic N) is 1. The summed E-state index contributed by atoms with van der Waals surface area (Å²) in [6, 6.07) is -0.0468. The zero-order valence-corrected chi connectivity index (χ0v) is 10.0. The van der Waals surface area contributed by atoms with Crippen molar-refractivity contribution < 1.29 is 18.0 Å². The summed E-state index contributed by atoms with van der Waals surface area (Å²) < 4.78 is 37.6. The van der Waals surface area contributed by atoms with Gasteiger partial charge in [-0.3, -0.25) is 4.79 Å². The zero-order chi connectivity index (χ0) is 13.3. The summed E-state index contributed by atoms with van der Waals surface area (Å²) in [6.07, 6.45) is 2.66. The van der Waals surface area contributed by atoms with Crippen molar-refractivity contribution in [2.24, 2.45) is 11.8 Å². The summed E-state index contributed by atoms with van der Waals surface area (Å²) in [7, 11) is 0. The van der Waals surface area contributed by atoms with Crippen LogP contribution in [0, 0.1) is 24.2 Å². The molecule has 0 spiro atoms. The van der Waals surface area contributed by atoms with Crippen LogP contribution in [0.2, 0.25) is 0 Å². The predicted octanol–water partition coefficient (Wildman–Crippen LogP) is 2.59. The van der Waals surface area contributed by atoms with E-state index in [1.165, 1.54) is 0 Å². The van der Waals surface area contributed by atoms with Gasteiger partial charge in [-0.2, -0.15) is 13.2 Å². The number of hydrogen-bond donors (Lipinski definition) is 0. The smallest absolute Gasteiger partial charge is 0.338 e. The van der Waals surface area contributed by atoms with Crippen LogP contribution in [-0.2, 0) is 4.79 Å². The Morgan fingerprint density at radius 1 is 1.22 bits per heavy atom. The Hall–Kier alpha value is -1.18. The SMILES string of the molecule is C#CC1CC(=O)N(C2CCC(C(F)(F)F)CC2)C1. The highest BCUT2D eigenvalue weighted by Gasteiger charge is 2.43. The highest BCUT2D eigenvalue weighted by atomic mass is 19.4. The molecule has 0 radical (unpaired) electrons. The summed E-state index contributed by atoms with van der Waals surface area (Å²) in [5, 5.41) is 0. The zero-order valence-electron chi connectivity index (χ0n) is 10.0. The normalized spacial score (nSPS) is 33.6. The van der Waals surface area contributed by atoms with Gasteiger partial charge in [0.05, 0.1) is 5.92 Å². The van der Waals surface area contributed by atoms with Gasteiger partial charge in [-0.25, -0.2) is 0 Å². The molecule has 18 heavy (non-hydrogen) atoms. The quantitative estimate of drug-likeness (QED) is 0.663. The second-order valence-corrected chi connectivity index (χ2v) is 5.16. The molecule has 2 rings (SSSR count). The number of terminal acetylenes is 1. The lowest BCUT2D eigenvalue weighted by atomic mass is 9.85. The fourth-order valence-corrected chi connectivity index (χ4v) is 2.91.